The van der Waals surface area contributed by atoms with Gasteiger partial charge in [0.1, 0.15) is 0 Å². The zero-order valence-corrected chi connectivity index (χ0v) is 12.7. The van der Waals surface area contributed by atoms with E-state index in [1.807, 2.05) is 19.1 Å². The molecule has 0 bridgehead atoms. The van der Waals surface area contributed by atoms with Crippen molar-refractivity contribution in [2.75, 3.05) is 13.2 Å². The van der Waals surface area contributed by atoms with Gasteiger partial charge in [0.2, 0.25) is 0 Å². The van der Waals surface area contributed by atoms with Crippen LogP contribution < -0.4 is 5.32 Å². The first-order valence-electron chi connectivity index (χ1n) is 7.33. The minimum absolute atomic E-state index is 0.0975. The lowest BCUT2D eigenvalue weighted by Gasteiger charge is -2.36. The van der Waals surface area contributed by atoms with Gasteiger partial charge in [0.05, 0.1) is 6.61 Å². The lowest BCUT2D eigenvalue weighted by molar-refractivity contribution is -0.143. The maximum Gasteiger partial charge on any atom is 0.305 e. The van der Waals surface area contributed by atoms with E-state index >= 15 is 0 Å². The number of esters is 1. The Morgan fingerprint density at radius 2 is 2.25 bits per heavy atom. The van der Waals surface area contributed by atoms with Crippen LogP contribution in [0.25, 0.3) is 0 Å². The Kier molecular flexibility index (Phi) is 5.86. The molecule has 0 aromatic heterocycles. The van der Waals surface area contributed by atoms with Gasteiger partial charge in [0.15, 0.2) is 0 Å². The molecule has 2 rings (SSSR count). The SMILES string of the molecule is CCOC(=O)CCCNC1CC(c2cccc(Cl)c2)C1. The van der Waals surface area contributed by atoms with Gasteiger partial charge >= 0.3 is 5.97 Å². The molecule has 0 atom stereocenters. The fourth-order valence-electron chi connectivity index (χ4n) is 2.59. The van der Waals surface area contributed by atoms with E-state index in [0.717, 1.165) is 30.8 Å². The van der Waals surface area contributed by atoms with Crippen molar-refractivity contribution in [3.8, 4) is 0 Å². The summed E-state index contributed by atoms with van der Waals surface area (Å²) in [5.74, 6) is 0.524. The van der Waals surface area contributed by atoms with Crippen LogP contribution in [0.15, 0.2) is 24.3 Å². The largest absolute Gasteiger partial charge is 0.466 e. The average Bonchev–Trinajstić information content (AvgIpc) is 2.36. The van der Waals surface area contributed by atoms with Gasteiger partial charge in [-0.2, -0.15) is 0 Å². The number of hydrogen-bond donors (Lipinski definition) is 1. The molecule has 0 heterocycles. The topological polar surface area (TPSA) is 38.3 Å². The number of ether oxygens (including phenoxy) is 1. The number of benzene rings is 1. The lowest BCUT2D eigenvalue weighted by Crippen LogP contribution is -2.40. The number of carbonyl (C=O) groups is 1. The summed E-state index contributed by atoms with van der Waals surface area (Å²) in [6.07, 6.45) is 3.65. The van der Waals surface area contributed by atoms with Crippen molar-refractivity contribution in [2.45, 2.75) is 44.6 Å². The van der Waals surface area contributed by atoms with Crippen LogP contribution in [0.2, 0.25) is 5.02 Å². The fourth-order valence-corrected chi connectivity index (χ4v) is 2.79. The zero-order valence-electron chi connectivity index (χ0n) is 11.9. The van der Waals surface area contributed by atoms with Crippen LogP contribution in [-0.4, -0.2) is 25.2 Å². The van der Waals surface area contributed by atoms with Gasteiger partial charge in [-0.05, 0) is 56.3 Å². The average molecular weight is 296 g/mol. The van der Waals surface area contributed by atoms with E-state index in [2.05, 4.69) is 17.4 Å². The molecule has 0 aliphatic heterocycles. The molecular weight excluding hydrogens is 274 g/mol. The Bertz CT molecular complexity index is 444. The van der Waals surface area contributed by atoms with E-state index in [4.69, 9.17) is 16.3 Å². The quantitative estimate of drug-likeness (QED) is 0.618. The molecule has 4 heteroatoms. The molecule has 1 aliphatic rings. The Morgan fingerprint density at radius 3 is 2.95 bits per heavy atom. The summed E-state index contributed by atoms with van der Waals surface area (Å²) in [7, 11) is 0. The summed E-state index contributed by atoms with van der Waals surface area (Å²) < 4.78 is 4.90. The molecule has 1 N–H and O–H groups in total. The molecule has 3 nitrogen and oxygen atoms in total. The Labute approximate surface area is 125 Å². The minimum atomic E-state index is -0.0975. The van der Waals surface area contributed by atoms with Gasteiger partial charge in [-0.25, -0.2) is 0 Å². The van der Waals surface area contributed by atoms with Crippen LogP contribution in [-0.2, 0) is 9.53 Å². The third kappa shape index (κ3) is 4.50. The highest BCUT2D eigenvalue weighted by molar-refractivity contribution is 6.30. The summed E-state index contributed by atoms with van der Waals surface area (Å²) in [6.45, 7) is 3.18. The van der Waals surface area contributed by atoms with E-state index in [1.54, 1.807) is 0 Å². The van der Waals surface area contributed by atoms with Gasteiger partial charge in [-0.1, -0.05) is 23.7 Å². The highest BCUT2D eigenvalue weighted by Crippen LogP contribution is 2.37. The molecule has 1 aromatic rings. The van der Waals surface area contributed by atoms with Crippen LogP contribution in [0.5, 0.6) is 0 Å². The third-order valence-corrected chi connectivity index (χ3v) is 3.99. The maximum absolute atomic E-state index is 11.2. The van der Waals surface area contributed by atoms with Gasteiger partial charge in [0.25, 0.3) is 0 Å². The zero-order chi connectivity index (χ0) is 14.4. The molecule has 1 fully saturated rings. The van der Waals surface area contributed by atoms with E-state index in [0.29, 0.717) is 25.0 Å². The molecule has 110 valence electrons. The molecule has 1 aliphatic carbocycles. The number of hydrogen-bond acceptors (Lipinski definition) is 3. The predicted octanol–water partition coefficient (Wildman–Crippen LogP) is 3.52. The predicted molar refractivity (Wildman–Crippen MR) is 81.1 cm³/mol. The Morgan fingerprint density at radius 1 is 1.45 bits per heavy atom. The summed E-state index contributed by atoms with van der Waals surface area (Å²) in [6, 6.07) is 8.70. The number of carbonyl (C=O) groups excluding carboxylic acids is 1. The van der Waals surface area contributed by atoms with Crippen molar-refractivity contribution in [1.29, 1.82) is 0 Å². The van der Waals surface area contributed by atoms with Crippen molar-refractivity contribution >= 4 is 17.6 Å². The number of rotatable bonds is 7. The van der Waals surface area contributed by atoms with Gasteiger partial charge < -0.3 is 10.1 Å². The van der Waals surface area contributed by atoms with Gasteiger partial charge in [-0.3, -0.25) is 4.79 Å². The van der Waals surface area contributed by atoms with E-state index in [9.17, 15) is 4.79 Å². The fraction of sp³-hybridized carbons (Fsp3) is 0.562. The van der Waals surface area contributed by atoms with Crippen molar-refractivity contribution in [2.24, 2.45) is 0 Å². The lowest BCUT2D eigenvalue weighted by atomic mass is 9.76. The monoisotopic (exact) mass is 295 g/mol. The normalized spacial score (nSPS) is 21.3. The molecule has 1 saturated carbocycles. The first-order valence-corrected chi connectivity index (χ1v) is 7.71. The Hall–Kier alpha value is -1.06. The van der Waals surface area contributed by atoms with E-state index < -0.39 is 0 Å². The number of nitrogens with one attached hydrogen (secondary N) is 1. The molecule has 0 amide bonds. The van der Waals surface area contributed by atoms with Crippen molar-refractivity contribution in [3.63, 3.8) is 0 Å². The molecular formula is C16H22ClNO2. The molecule has 0 radical (unpaired) electrons. The maximum atomic E-state index is 11.2. The second kappa shape index (κ2) is 7.65. The van der Waals surface area contributed by atoms with Crippen LogP contribution in [0.3, 0.4) is 0 Å². The smallest absolute Gasteiger partial charge is 0.305 e. The van der Waals surface area contributed by atoms with E-state index in [-0.39, 0.29) is 5.97 Å². The molecule has 20 heavy (non-hydrogen) atoms. The summed E-state index contributed by atoms with van der Waals surface area (Å²) in [5, 5.41) is 4.30. The molecule has 0 saturated heterocycles. The van der Waals surface area contributed by atoms with Crippen LogP contribution in [0, 0.1) is 0 Å². The highest BCUT2D eigenvalue weighted by atomic mass is 35.5. The molecule has 0 spiro atoms. The van der Waals surface area contributed by atoms with Crippen LogP contribution in [0.1, 0.15) is 44.1 Å². The molecule has 0 unspecified atom stereocenters. The summed E-state index contributed by atoms with van der Waals surface area (Å²) >= 11 is 6.00. The third-order valence-electron chi connectivity index (χ3n) is 3.75. The van der Waals surface area contributed by atoms with Crippen molar-refractivity contribution < 1.29 is 9.53 Å². The molecule has 1 aromatic carbocycles. The summed E-state index contributed by atoms with van der Waals surface area (Å²) in [4.78, 5) is 11.2. The summed E-state index contributed by atoms with van der Waals surface area (Å²) in [5.41, 5.74) is 1.34. The van der Waals surface area contributed by atoms with Gasteiger partial charge in [0, 0.05) is 17.5 Å². The first kappa shape index (κ1) is 15.3. The first-order chi connectivity index (χ1) is 9.69. The second-order valence-corrected chi connectivity index (χ2v) is 5.72. The van der Waals surface area contributed by atoms with Gasteiger partial charge in [-0.15, -0.1) is 0 Å². The minimum Gasteiger partial charge on any atom is -0.466 e. The van der Waals surface area contributed by atoms with Crippen molar-refractivity contribution in [3.05, 3.63) is 34.9 Å². The second-order valence-electron chi connectivity index (χ2n) is 5.28. The Balaban J connectivity index is 1.59. The number of halogens is 1. The highest BCUT2D eigenvalue weighted by Gasteiger charge is 2.29. The van der Waals surface area contributed by atoms with Crippen molar-refractivity contribution in [1.82, 2.24) is 5.32 Å². The van der Waals surface area contributed by atoms with Crippen LogP contribution >= 0.6 is 11.6 Å². The van der Waals surface area contributed by atoms with Crippen LogP contribution in [0.4, 0.5) is 0 Å². The standard InChI is InChI=1S/C16H22ClNO2/c1-2-20-16(19)7-4-8-18-15-10-13(11-15)12-5-3-6-14(17)9-12/h3,5-6,9,13,15,18H,2,4,7-8,10-11H2,1H3. The van der Waals surface area contributed by atoms with E-state index in [1.165, 1.54) is 5.56 Å².